The zero-order valence-electron chi connectivity index (χ0n) is 10.7. The van der Waals surface area contributed by atoms with Crippen molar-refractivity contribution < 1.29 is 0 Å². The molecule has 0 fully saturated rings. The standard InChI is InChI=1S/C15H21NS/c1-4-11-17-12-10-16-13(3)15-8-6-14(5-2)7-9-15/h1,6-9,13,16H,5,10-12H2,2-3H3. The van der Waals surface area contributed by atoms with Gasteiger partial charge in [-0.15, -0.1) is 18.2 Å². The molecule has 0 amide bonds. The summed E-state index contributed by atoms with van der Waals surface area (Å²) in [7, 11) is 0. The van der Waals surface area contributed by atoms with Crippen molar-refractivity contribution in [2.75, 3.05) is 18.1 Å². The molecular weight excluding hydrogens is 226 g/mol. The number of nitrogens with one attached hydrogen (secondary N) is 1. The number of terminal acetylenes is 1. The molecule has 1 aromatic rings. The van der Waals surface area contributed by atoms with Crippen LogP contribution in [0.4, 0.5) is 0 Å². The van der Waals surface area contributed by atoms with Crippen molar-refractivity contribution in [3.63, 3.8) is 0 Å². The zero-order chi connectivity index (χ0) is 12.5. The highest BCUT2D eigenvalue weighted by atomic mass is 32.2. The Bertz CT molecular complexity index is 350. The maximum Gasteiger partial charge on any atom is 0.0545 e. The minimum absolute atomic E-state index is 0.410. The Labute approximate surface area is 109 Å². The predicted octanol–water partition coefficient (Wildman–Crippen LogP) is 3.27. The third kappa shape index (κ3) is 5.30. The van der Waals surface area contributed by atoms with Crippen LogP contribution in [0, 0.1) is 12.3 Å². The van der Waals surface area contributed by atoms with Gasteiger partial charge < -0.3 is 5.32 Å². The van der Waals surface area contributed by atoms with E-state index in [1.54, 1.807) is 11.8 Å². The highest BCUT2D eigenvalue weighted by Crippen LogP contribution is 2.13. The molecule has 1 rings (SSSR count). The van der Waals surface area contributed by atoms with Crippen LogP contribution in [-0.2, 0) is 6.42 Å². The maximum absolute atomic E-state index is 5.20. The Hall–Kier alpha value is -0.910. The smallest absolute Gasteiger partial charge is 0.0545 e. The Morgan fingerprint density at radius 2 is 2.06 bits per heavy atom. The maximum atomic E-state index is 5.20. The molecule has 0 saturated heterocycles. The fourth-order valence-corrected chi connectivity index (χ4v) is 2.16. The first-order chi connectivity index (χ1) is 8.27. The number of rotatable bonds is 7. The molecule has 1 aromatic carbocycles. The lowest BCUT2D eigenvalue weighted by Crippen LogP contribution is -2.21. The first-order valence-corrected chi connectivity index (χ1v) is 7.26. The number of thioether (sulfide) groups is 1. The van der Waals surface area contributed by atoms with Gasteiger partial charge in [0.1, 0.15) is 0 Å². The van der Waals surface area contributed by atoms with Crippen LogP contribution in [0.1, 0.15) is 31.0 Å². The van der Waals surface area contributed by atoms with Gasteiger partial charge in [0.2, 0.25) is 0 Å². The van der Waals surface area contributed by atoms with Gasteiger partial charge in [-0.05, 0) is 24.5 Å². The fourth-order valence-electron chi connectivity index (χ4n) is 1.64. The van der Waals surface area contributed by atoms with E-state index in [-0.39, 0.29) is 0 Å². The highest BCUT2D eigenvalue weighted by molar-refractivity contribution is 7.99. The normalized spacial score (nSPS) is 12.1. The molecule has 0 aliphatic rings. The summed E-state index contributed by atoms with van der Waals surface area (Å²) in [4.78, 5) is 0. The van der Waals surface area contributed by atoms with Crippen LogP contribution in [0.2, 0.25) is 0 Å². The minimum Gasteiger partial charge on any atom is -0.309 e. The average molecular weight is 247 g/mol. The second-order valence-electron chi connectivity index (χ2n) is 4.03. The topological polar surface area (TPSA) is 12.0 Å². The van der Waals surface area contributed by atoms with E-state index in [0.29, 0.717) is 6.04 Å². The van der Waals surface area contributed by atoms with Gasteiger partial charge in [0.25, 0.3) is 0 Å². The van der Waals surface area contributed by atoms with Gasteiger partial charge in [0.15, 0.2) is 0 Å². The van der Waals surface area contributed by atoms with E-state index in [1.807, 2.05) is 0 Å². The second kappa shape index (κ2) is 8.22. The largest absolute Gasteiger partial charge is 0.309 e. The molecule has 1 nitrogen and oxygen atoms in total. The zero-order valence-corrected chi connectivity index (χ0v) is 11.5. The van der Waals surface area contributed by atoms with Crippen LogP contribution < -0.4 is 5.32 Å². The van der Waals surface area contributed by atoms with E-state index < -0.39 is 0 Å². The van der Waals surface area contributed by atoms with Gasteiger partial charge in [-0.3, -0.25) is 0 Å². The van der Waals surface area contributed by atoms with Crippen LogP contribution in [0.25, 0.3) is 0 Å². The first-order valence-electron chi connectivity index (χ1n) is 6.11. The van der Waals surface area contributed by atoms with E-state index in [9.17, 15) is 0 Å². The third-order valence-corrected chi connectivity index (χ3v) is 3.63. The SMILES string of the molecule is C#CCSCCNC(C)c1ccc(CC)cc1. The lowest BCUT2D eigenvalue weighted by molar-refractivity contribution is 0.601. The van der Waals surface area contributed by atoms with E-state index in [4.69, 9.17) is 6.42 Å². The number of aryl methyl sites for hydroxylation is 1. The highest BCUT2D eigenvalue weighted by Gasteiger charge is 2.03. The van der Waals surface area contributed by atoms with E-state index in [2.05, 4.69) is 49.4 Å². The van der Waals surface area contributed by atoms with Crippen molar-refractivity contribution in [1.82, 2.24) is 5.32 Å². The lowest BCUT2D eigenvalue weighted by Gasteiger charge is -2.14. The van der Waals surface area contributed by atoms with E-state index in [1.165, 1.54) is 11.1 Å². The van der Waals surface area contributed by atoms with Gasteiger partial charge in [0.05, 0.1) is 5.75 Å². The summed E-state index contributed by atoms with van der Waals surface area (Å²) in [6.07, 6.45) is 6.30. The number of benzene rings is 1. The minimum atomic E-state index is 0.410. The molecular formula is C15H21NS. The molecule has 0 spiro atoms. The molecule has 0 heterocycles. The Kier molecular flexibility index (Phi) is 6.84. The molecule has 0 aromatic heterocycles. The van der Waals surface area contributed by atoms with Gasteiger partial charge >= 0.3 is 0 Å². The Balaban J connectivity index is 2.31. The molecule has 0 aliphatic carbocycles. The van der Waals surface area contributed by atoms with Crippen LogP contribution in [0.15, 0.2) is 24.3 Å². The third-order valence-electron chi connectivity index (χ3n) is 2.77. The molecule has 0 aliphatic heterocycles. The molecule has 2 heteroatoms. The number of hydrogen-bond acceptors (Lipinski definition) is 2. The van der Waals surface area contributed by atoms with Gasteiger partial charge in [-0.1, -0.05) is 37.1 Å². The number of hydrogen-bond donors (Lipinski definition) is 1. The second-order valence-corrected chi connectivity index (χ2v) is 5.13. The summed E-state index contributed by atoms with van der Waals surface area (Å²) >= 11 is 1.80. The molecule has 0 saturated carbocycles. The summed E-state index contributed by atoms with van der Waals surface area (Å²) in [5.41, 5.74) is 2.75. The summed E-state index contributed by atoms with van der Waals surface area (Å²) in [6, 6.07) is 9.25. The first kappa shape index (κ1) is 14.2. The fraction of sp³-hybridized carbons (Fsp3) is 0.467. The molecule has 17 heavy (non-hydrogen) atoms. The van der Waals surface area contributed by atoms with Gasteiger partial charge in [0, 0.05) is 18.3 Å². The average Bonchev–Trinajstić information content (AvgIpc) is 2.38. The van der Waals surface area contributed by atoms with Crippen LogP contribution in [-0.4, -0.2) is 18.1 Å². The van der Waals surface area contributed by atoms with Gasteiger partial charge in [-0.2, -0.15) is 0 Å². The molecule has 0 bridgehead atoms. The van der Waals surface area contributed by atoms with E-state index in [0.717, 1.165) is 24.5 Å². The van der Waals surface area contributed by atoms with E-state index >= 15 is 0 Å². The Morgan fingerprint density at radius 3 is 2.65 bits per heavy atom. The van der Waals surface area contributed by atoms with Crippen molar-refractivity contribution in [2.45, 2.75) is 26.3 Å². The molecule has 92 valence electrons. The van der Waals surface area contributed by atoms with Crippen molar-refractivity contribution in [3.8, 4) is 12.3 Å². The van der Waals surface area contributed by atoms with Crippen LogP contribution in [0.3, 0.4) is 0 Å². The lowest BCUT2D eigenvalue weighted by atomic mass is 10.1. The van der Waals surface area contributed by atoms with Crippen molar-refractivity contribution >= 4 is 11.8 Å². The van der Waals surface area contributed by atoms with Crippen LogP contribution >= 0.6 is 11.8 Å². The van der Waals surface area contributed by atoms with Crippen molar-refractivity contribution in [1.29, 1.82) is 0 Å². The van der Waals surface area contributed by atoms with Gasteiger partial charge in [-0.25, -0.2) is 0 Å². The van der Waals surface area contributed by atoms with Crippen molar-refractivity contribution in [2.24, 2.45) is 0 Å². The van der Waals surface area contributed by atoms with Crippen molar-refractivity contribution in [3.05, 3.63) is 35.4 Å². The van der Waals surface area contributed by atoms with Crippen LogP contribution in [0.5, 0.6) is 0 Å². The Morgan fingerprint density at radius 1 is 1.35 bits per heavy atom. The summed E-state index contributed by atoms with van der Waals surface area (Å²) in [6.45, 7) is 5.38. The quantitative estimate of drug-likeness (QED) is 0.586. The molecule has 1 unspecified atom stereocenters. The summed E-state index contributed by atoms with van der Waals surface area (Å²) in [5.74, 6) is 4.51. The summed E-state index contributed by atoms with van der Waals surface area (Å²) in [5, 5.41) is 3.51. The summed E-state index contributed by atoms with van der Waals surface area (Å²) < 4.78 is 0. The molecule has 1 N–H and O–H groups in total. The predicted molar refractivity (Wildman–Crippen MR) is 78.4 cm³/mol. The molecule has 1 atom stereocenters. The molecule has 0 radical (unpaired) electrons. The monoisotopic (exact) mass is 247 g/mol.